The molecule has 20 heavy (non-hydrogen) atoms. The molecule has 6 heteroatoms. The van der Waals surface area contributed by atoms with Gasteiger partial charge in [0.15, 0.2) is 5.76 Å². The summed E-state index contributed by atoms with van der Waals surface area (Å²) in [6, 6.07) is 12.2. The zero-order valence-electron chi connectivity index (χ0n) is 10.5. The molecule has 0 atom stereocenters. The molecule has 1 aromatic carbocycles. The summed E-state index contributed by atoms with van der Waals surface area (Å²) in [6.45, 7) is 0. The van der Waals surface area contributed by atoms with Gasteiger partial charge in [0.25, 0.3) is 5.91 Å². The summed E-state index contributed by atoms with van der Waals surface area (Å²) in [5.74, 6) is 0.471. The predicted molar refractivity (Wildman–Crippen MR) is 74.6 cm³/mol. The van der Waals surface area contributed by atoms with Crippen molar-refractivity contribution in [2.75, 3.05) is 11.1 Å². The Morgan fingerprint density at radius 3 is 2.70 bits per heavy atom. The molecule has 0 spiro atoms. The van der Waals surface area contributed by atoms with Crippen LogP contribution in [0.5, 0.6) is 0 Å². The maximum absolute atomic E-state index is 11.9. The molecule has 3 rings (SSSR count). The Balaban J connectivity index is 1.87. The highest BCUT2D eigenvalue weighted by atomic mass is 16.3. The highest BCUT2D eigenvalue weighted by molar-refractivity contribution is 6.01. The lowest BCUT2D eigenvalue weighted by atomic mass is 10.3. The fourth-order valence-corrected chi connectivity index (χ4v) is 1.80. The summed E-state index contributed by atoms with van der Waals surface area (Å²) in [5.41, 5.74) is 7.12. The van der Waals surface area contributed by atoms with Gasteiger partial charge in [-0.05, 0) is 36.4 Å². The number of nitrogens with two attached hydrogens (primary N) is 1. The zero-order valence-corrected chi connectivity index (χ0v) is 10.5. The molecule has 0 aliphatic carbocycles. The van der Waals surface area contributed by atoms with Gasteiger partial charge in [0.05, 0.1) is 18.1 Å². The van der Waals surface area contributed by atoms with Crippen molar-refractivity contribution in [3.63, 3.8) is 0 Å². The van der Waals surface area contributed by atoms with Gasteiger partial charge >= 0.3 is 0 Å². The van der Waals surface area contributed by atoms with Crippen molar-refractivity contribution in [2.24, 2.45) is 0 Å². The normalized spacial score (nSPS) is 10.4. The molecule has 2 aromatic heterocycles. The van der Waals surface area contributed by atoms with E-state index in [0.29, 0.717) is 11.5 Å². The van der Waals surface area contributed by atoms with Crippen molar-refractivity contribution in [2.45, 2.75) is 0 Å². The second kappa shape index (κ2) is 4.93. The Labute approximate surface area is 114 Å². The first kappa shape index (κ1) is 12.0. The van der Waals surface area contributed by atoms with Crippen molar-refractivity contribution in [1.29, 1.82) is 0 Å². The second-order valence-corrected chi connectivity index (χ2v) is 4.15. The van der Waals surface area contributed by atoms with Gasteiger partial charge in [-0.25, -0.2) is 4.68 Å². The van der Waals surface area contributed by atoms with Crippen LogP contribution in [0, 0.1) is 0 Å². The van der Waals surface area contributed by atoms with Gasteiger partial charge in [-0.2, -0.15) is 5.10 Å². The summed E-state index contributed by atoms with van der Waals surface area (Å²) < 4.78 is 6.66. The van der Waals surface area contributed by atoms with Gasteiger partial charge < -0.3 is 15.5 Å². The zero-order chi connectivity index (χ0) is 13.9. The Morgan fingerprint density at radius 1 is 1.20 bits per heavy atom. The first-order chi connectivity index (χ1) is 9.74. The third-order valence-corrected chi connectivity index (χ3v) is 2.77. The molecular weight excluding hydrogens is 256 g/mol. The summed E-state index contributed by atoms with van der Waals surface area (Å²) in [6.07, 6.45) is 3.06. The number of nitrogens with zero attached hydrogens (tertiary/aromatic N) is 2. The lowest BCUT2D eigenvalue weighted by Gasteiger charge is -2.08. The SMILES string of the molecule is Nc1ccc(-n2nccc2NC(=O)c2ccco2)cc1. The molecule has 3 N–H and O–H groups in total. The molecule has 0 fully saturated rings. The standard InChI is InChI=1S/C14H12N4O2/c15-10-3-5-11(6-4-10)18-13(7-8-16-18)17-14(19)12-2-1-9-20-12/h1-9H,15H2,(H,17,19). The van der Waals surface area contributed by atoms with Crippen molar-refractivity contribution in [1.82, 2.24) is 9.78 Å². The van der Waals surface area contributed by atoms with Gasteiger partial charge in [-0.3, -0.25) is 4.79 Å². The molecule has 0 bridgehead atoms. The first-order valence-corrected chi connectivity index (χ1v) is 5.99. The quantitative estimate of drug-likeness (QED) is 0.714. The molecule has 1 amide bonds. The van der Waals surface area contributed by atoms with E-state index < -0.39 is 0 Å². The predicted octanol–water partition coefficient (Wildman–Crippen LogP) is 2.30. The number of anilines is 2. The van der Waals surface area contributed by atoms with E-state index >= 15 is 0 Å². The number of carbonyl (C=O) groups excluding carboxylic acids is 1. The van der Waals surface area contributed by atoms with Crippen LogP contribution in [-0.2, 0) is 0 Å². The fraction of sp³-hybridized carbons (Fsp3) is 0. The Hall–Kier alpha value is -3.02. The molecule has 0 unspecified atom stereocenters. The van der Waals surface area contributed by atoms with Crippen LogP contribution in [0.4, 0.5) is 11.5 Å². The van der Waals surface area contributed by atoms with E-state index in [-0.39, 0.29) is 11.7 Å². The molecular formula is C14H12N4O2. The number of nitrogens with one attached hydrogen (secondary N) is 1. The highest BCUT2D eigenvalue weighted by Crippen LogP contribution is 2.17. The van der Waals surface area contributed by atoms with E-state index in [4.69, 9.17) is 10.2 Å². The minimum Gasteiger partial charge on any atom is -0.459 e. The number of rotatable bonds is 3. The third kappa shape index (κ3) is 2.26. The molecule has 0 aliphatic heterocycles. The summed E-state index contributed by atoms with van der Waals surface area (Å²) >= 11 is 0. The Bertz CT molecular complexity index is 714. The number of aromatic nitrogens is 2. The topological polar surface area (TPSA) is 86.1 Å². The molecule has 0 aliphatic rings. The summed E-state index contributed by atoms with van der Waals surface area (Å²) in [5, 5.41) is 6.92. The van der Waals surface area contributed by atoms with Crippen molar-refractivity contribution in [3.8, 4) is 5.69 Å². The van der Waals surface area contributed by atoms with Gasteiger partial charge in [0.2, 0.25) is 0 Å². The summed E-state index contributed by atoms with van der Waals surface area (Å²) in [4.78, 5) is 11.9. The van der Waals surface area contributed by atoms with E-state index in [2.05, 4.69) is 10.4 Å². The maximum Gasteiger partial charge on any atom is 0.292 e. The average Bonchev–Trinajstić information content (AvgIpc) is 3.10. The monoisotopic (exact) mass is 268 g/mol. The lowest BCUT2D eigenvalue weighted by Crippen LogP contribution is -2.14. The summed E-state index contributed by atoms with van der Waals surface area (Å²) in [7, 11) is 0. The average molecular weight is 268 g/mol. The van der Waals surface area contributed by atoms with Crippen molar-refractivity contribution >= 4 is 17.4 Å². The van der Waals surface area contributed by atoms with Crippen LogP contribution < -0.4 is 11.1 Å². The number of hydrogen-bond donors (Lipinski definition) is 2. The van der Waals surface area contributed by atoms with E-state index in [0.717, 1.165) is 5.69 Å². The van der Waals surface area contributed by atoms with E-state index in [1.807, 2.05) is 12.1 Å². The van der Waals surface area contributed by atoms with Gasteiger partial charge in [-0.15, -0.1) is 0 Å². The number of nitrogen functional groups attached to an aromatic ring is 1. The van der Waals surface area contributed by atoms with Gasteiger partial charge in [-0.1, -0.05) is 0 Å². The van der Waals surface area contributed by atoms with Crippen LogP contribution in [-0.4, -0.2) is 15.7 Å². The van der Waals surface area contributed by atoms with Crippen LogP contribution >= 0.6 is 0 Å². The van der Waals surface area contributed by atoms with E-state index in [1.165, 1.54) is 6.26 Å². The molecule has 100 valence electrons. The number of benzene rings is 1. The van der Waals surface area contributed by atoms with E-state index in [1.54, 1.807) is 41.2 Å². The van der Waals surface area contributed by atoms with E-state index in [9.17, 15) is 4.79 Å². The largest absolute Gasteiger partial charge is 0.459 e. The van der Waals surface area contributed by atoms with Crippen LogP contribution in [0.15, 0.2) is 59.3 Å². The molecule has 3 aromatic rings. The number of furan rings is 1. The van der Waals surface area contributed by atoms with Crippen LogP contribution in [0.25, 0.3) is 5.69 Å². The third-order valence-electron chi connectivity index (χ3n) is 2.77. The minimum atomic E-state index is -0.327. The minimum absolute atomic E-state index is 0.245. The second-order valence-electron chi connectivity index (χ2n) is 4.15. The number of carbonyl (C=O) groups is 1. The van der Waals surface area contributed by atoms with Crippen LogP contribution in [0.1, 0.15) is 10.6 Å². The lowest BCUT2D eigenvalue weighted by molar-refractivity contribution is 0.0996. The molecule has 6 nitrogen and oxygen atoms in total. The number of hydrogen-bond acceptors (Lipinski definition) is 4. The molecule has 0 saturated heterocycles. The first-order valence-electron chi connectivity index (χ1n) is 5.99. The Morgan fingerprint density at radius 2 is 2.00 bits per heavy atom. The molecule has 2 heterocycles. The molecule has 0 radical (unpaired) electrons. The van der Waals surface area contributed by atoms with Crippen molar-refractivity contribution < 1.29 is 9.21 Å². The fourth-order valence-electron chi connectivity index (χ4n) is 1.80. The Kier molecular flexibility index (Phi) is 2.96. The molecule has 0 saturated carbocycles. The van der Waals surface area contributed by atoms with Gasteiger partial charge in [0.1, 0.15) is 5.82 Å². The maximum atomic E-state index is 11.9. The smallest absolute Gasteiger partial charge is 0.292 e. The van der Waals surface area contributed by atoms with Crippen LogP contribution in [0.3, 0.4) is 0 Å². The van der Waals surface area contributed by atoms with Crippen LogP contribution in [0.2, 0.25) is 0 Å². The van der Waals surface area contributed by atoms with Gasteiger partial charge in [0, 0.05) is 11.8 Å². The number of amides is 1. The highest BCUT2D eigenvalue weighted by Gasteiger charge is 2.12. The van der Waals surface area contributed by atoms with Crippen molar-refractivity contribution in [3.05, 3.63) is 60.7 Å².